The number of rotatable bonds is 4. The smallest absolute Gasteiger partial charge is 0.246 e. The molecule has 0 aliphatic carbocycles. The van der Waals surface area contributed by atoms with E-state index >= 15 is 0 Å². The van der Waals surface area contributed by atoms with E-state index in [9.17, 15) is 14.7 Å². The molecule has 0 fully saturated rings. The summed E-state index contributed by atoms with van der Waals surface area (Å²) in [6, 6.07) is 4.87. The second-order valence-electron chi connectivity index (χ2n) is 4.02. The van der Waals surface area contributed by atoms with E-state index in [-0.39, 0.29) is 24.1 Å². The summed E-state index contributed by atoms with van der Waals surface area (Å²) in [6.07, 6.45) is 0. The summed E-state index contributed by atoms with van der Waals surface area (Å²) >= 11 is 0. The van der Waals surface area contributed by atoms with Gasteiger partial charge in [-0.05, 0) is 25.5 Å². The van der Waals surface area contributed by atoms with Crippen LogP contribution in [0.4, 0.5) is 5.69 Å². The Balaban J connectivity index is 2.91. The van der Waals surface area contributed by atoms with Crippen molar-refractivity contribution in [2.24, 2.45) is 0 Å². The van der Waals surface area contributed by atoms with Gasteiger partial charge in [-0.2, -0.15) is 0 Å². The van der Waals surface area contributed by atoms with Gasteiger partial charge in [-0.15, -0.1) is 0 Å². The topological polar surface area (TPSA) is 69.6 Å². The highest BCUT2D eigenvalue weighted by molar-refractivity contribution is 5.97. The molecule has 0 aliphatic rings. The molecule has 1 aromatic rings. The SMILES string of the molecule is CCN(C(=O)CNC(C)=O)c1cc(O)ccc1C. The van der Waals surface area contributed by atoms with Crippen molar-refractivity contribution >= 4 is 17.5 Å². The van der Waals surface area contributed by atoms with Crippen molar-refractivity contribution in [2.45, 2.75) is 20.8 Å². The largest absolute Gasteiger partial charge is 0.508 e. The Morgan fingerprint density at radius 1 is 1.39 bits per heavy atom. The van der Waals surface area contributed by atoms with E-state index in [0.29, 0.717) is 12.2 Å². The van der Waals surface area contributed by atoms with Gasteiger partial charge in [-0.3, -0.25) is 9.59 Å². The van der Waals surface area contributed by atoms with Crippen molar-refractivity contribution in [2.75, 3.05) is 18.0 Å². The van der Waals surface area contributed by atoms with E-state index in [4.69, 9.17) is 0 Å². The van der Waals surface area contributed by atoms with Crippen LogP contribution in [-0.4, -0.2) is 30.0 Å². The van der Waals surface area contributed by atoms with Gasteiger partial charge in [0.25, 0.3) is 0 Å². The van der Waals surface area contributed by atoms with E-state index in [1.807, 2.05) is 13.8 Å². The first-order valence-electron chi connectivity index (χ1n) is 5.80. The summed E-state index contributed by atoms with van der Waals surface area (Å²) in [5.41, 5.74) is 1.55. The Morgan fingerprint density at radius 3 is 2.61 bits per heavy atom. The molecule has 0 bridgehead atoms. The van der Waals surface area contributed by atoms with Crippen LogP contribution in [0.3, 0.4) is 0 Å². The minimum atomic E-state index is -0.243. The Labute approximate surface area is 106 Å². The molecule has 0 spiro atoms. The molecule has 0 aromatic heterocycles. The van der Waals surface area contributed by atoms with E-state index < -0.39 is 0 Å². The van der Waals surface area contributed by atoms with Gasteiger partial charge in [0, 0.05) is 19.5 Å². The minimum Gasteiger partial charge on any atom is -0.508 e. The molecule has 1 rings (SSSR count). The van der Waals surface area contributed by atoms with Crippen molar-refractivity contribution in [3.8, 4) is 5.75 Å². The second-order valence-corrected chi connectivity index (χ2v) is 4.02. The molecule has 2 N–H and O–H groups in total. The number of aryl methyl sites for hydroxylation is 1. The number of carbonyl (C=O) groups excluding carboxylic acids is 2. The quantitative estimate of drug-likeness (QED) is 0.843. The molecule has 0 aliphatic heterocycles. The van der Waals surface area contributed by atoms with Gasteiger partial charge in [-0.25, -0.2) is 0 Å². The van der Waals surface area contributed by atoms with Crippen LogP contribution >= 0.6 is 0 Å². The zero-order valence-corrected chi connectivity index (χ0v) is 10.9. The van der Waals surface area contributed by atoms with Crippen LogP contribution in [0.5, 0.6) is 5.75 Å². The third-order valence-corrected chi connectivity index (χ3v) is 2.59. The van der Waals surface area contributed by atoms with Gasteiger partial charge in [0.2, 0.25) is 11.8 Å². The molecule has 2 amide bonds. The van der Waals surface area contributed by atoms with Crippen LogP contribution < -0.4 is 10.2 Å². The number of benzene rings is 1. The maximum atomic E-state index is 12.0. The van der Waals surface area contributed by atoms with E-state index in [2.05, 4.69) is 5.32 Å². The highest BCUT2D eigenvalue weighted by Crippen LogP contribution is 2.24. The first-order chi connectivity index (χ1) is 8.45. The van der Waals surface area contributed by atoms with E-state index in [1.54, 1.807) is 18.2 Å². The van der Waals surface area contributed by atoms with Crippen molar-refractivity contribution in [1.29, 1.82) is 0 Å². The first-order valence-corrected chi connectivity index (χ1v) is 5.80. The van der Waals surface area contributed by atoms with Crippen molar-refractivity contribution in [3.63, 3.8) is 0 Å². The summed E-state index contributed by atoms with van der Waals surface area (Å²) in [5.74, 6) is -0.338. The highest BCUT2D eigenvalue weighted by Gasteiger charge is 2.16. The average molecular weight is 250 g/mol. The summed E-state index contributed by atoms with van der Waals surface area (Å²) in [7, 11) is 0. The van der Waals surface area contributed by atoms with Crippen molar-refractivity contribution in [1.82, 2.24) is 5.32 Å². The Morgan fingerprint density at radius 2 is 2.06 bits per heavy atom. The number of amides is 2. The lowest BCUT2D eigenvalue weighted by Crippen LogP contribution is -2.39. The molecular weight excluding hydrogens is 232 g/mol. The lowest BCUT2D eigenvalue weighted by molar-refractivity contribution is -0.123. The zero-order chi connectivity index (χ0) is 13.7. The van der Waals surface area contributed by atoms with E-state index in [1.165, 1.54) is 11.8 Å². The molecule has 5 nitrogen and oxygen atoms in total. The minimum absolute atomic E-state index is 0.0434. The number of phenolic OH excluding ortho intramolecular Hbond substituents is 1. The molecule has 18 heavy (non-hydrogen) atoms. The number of nitrogens with zero attached hydrogens (tertiary/aromatic N) is 1. The van der Waals surface area contributed by atoms with Gasteiger partial charge < -0.3 is 15.3 Å². The zero-order valence-electron chi connectivity index (χ0n) is 10.9. The number of phenols is 1. The maximum Gasteiger partial charge on any atom is 0.246 e. The van der Waals surface area contributed by atoms with Crippen LogP contribution in [0, 0.1) is 6.92 Å². The number of hydrogen-bond acceptors (Lipinski definition) is 3. The van der Waals surface area contributed by atoms with Crippen molar-refractivity contribution in [3.05, 3.63) is 23.8 Å². The molecule has 0 radical (unpaired) electrons. The number of carbonyl (C=O) groups is 2. The van der Waals surface area contributed by atoms with Gasteiger partial charge in [0.05, 0.1) is 12.2 Å². The third kappa shape index (κ3) is 3.48. The molecule has 0 atom stereocenters. The molecule has 0 saturated heterocycles. The van der Waals surface area contributed by atoms with Crippen LogP contribution in [0.2, 0.25) is 0 Å². The number of hydrogen-bond donors (Lipinski definition) is 2. The van der Waals surface area contributed by atoms with Gasteiger partial charge in [0.1, 0.15) is 5.75 Å². The number of anilines is 1. The van der Waals surface area contributed by atoms with Crippen molar-refractivity contribution < 1.29 is 14.7 Å². The maximum absolute atomic E-state index is 12.0. The predicted octanol–water partition coefficient (Wildman–Crippen LogP) is 1.19. The predicted molar refractivity (Wildman–Crippen MR) is 69.6 cm³/mol. The van der Waals surface area contributed by atoms with E-state index in [0.717, 1.165) is 5.56 Å². The monoisotopic (exact) mass is 250 g/mol. The third-order valence-electron chi connectivity index (χ3n) is 2.59. The number of likely N-dealkylation sites (N-methyl/N-ethyl adjacent to an activating group) is 1. The summed E-state index contributed by atoms with van der Waals surface area (Å²) in [4.78, 5) is 24.3. The Kier molecular flexibility index (Phi) is 4.71. The molecule has 0 unspecified atom stereocenters. The average Bonchev–Trinajstić information content (AvgIpc) is 2.32. The number of nitrogens with one attached hydrogen (secondary N) is 1. The number of aromatic hydroxyl groups is 1. The Bertz CT molecular complexity index is 458. The summed E-state index contributed by atoms with van der Waals surface area (Å²) < 4.78 is 0. The Hall–Kier alpha value is -2.04. The second kappa shape index (κ2) is 6.05. The van der Waals surface area contributed by atoms with Crippen LogP contribution in [0.1, 0.15) is 19.4 Å². The molecule has 1 aromatic carbocycles. The normalized spacial score (nSPS) is 9.94. The fourth-order valence-electron chi connectivity index (χ4n) is 1.67. The molecular formula is C13H18N2O3. The summed E-state index contributed by atoms with van der Waals surface area (Å²) in [6.45, 7) is 5.50. The van der Waals surface area contributed by atoms with Crippen LogP contribution in [0.25, 0.3) is 0 Å². The highest BCUT2D eigenvalue weighted by atomic mass is 16.3. The molecule has 98 valence electrons. The standard InChI is InChI=1S/C13H18N2O3/c1-4-15(13(18)8-14-10(3)16)12-7-11(17)6-5-9(12)2/h5-7,17H,4,8H2,1-3H3,(H,14,16). The van der Waals surface area contributed by atoms with Crippen LogP contribution in [-0.2, 0) is 9.59 Å². The summed E-state index contributed by atoms with van der Waals surface area (Å²) in [5, 5.41) is 11.9. The van der Waals surface area contributed by atoms with Gasteiger partial charge >= 0.3 is 0 Å². The molecule has 5 heteroatoms. The molecule has 0 heterocycles. The lowest BCUT2D eigenvalue weighted by Gasteiger charge is -2.23. The fraction of sp³-hybridized carbons (Fsp3) is 0.385. The van der Waals surface area contributed by atoms with Gasteiger partial charge in [0.15, 0.2) is 0 Å². The van der Waals surface area contributed by atoms with Gasteiger partial charge in [-0.1, -0.05) is 6.07 Å². The molecule has 0 saturated carbocycles. The van der Waals surface area contributed by atoms with Crippen LogP contribution in [0.15, 0.2) is 18.2 Å². The lowest BCUT2D eigenvalue weighted by atomic mass is 10.1. The fourth-order valence-corrected chi connectivity index (χ4v) is 1.67. The first kappa shape index (κ1) is 14.0.